The van der Waals surface area contributed by atoms with Crippen LogP contribution in [0, 0.1) is 6.92 Å². The van der Waals surface area contributed by atoms with E-state index >= 15 is 0 Å². The number of esters is 2. The van der Waals surface area contributed by atoms with Crippen LogP contribution < -0.4 is 4.74 Å². The topological polar surface area (TPSA) is 52.6 Å². The number of rotatable bonds is 3. The van der Waals surface area contributed by atoms with Gasteiger partial charge in [0.25, 0.3) is 0 Å². The largest absolute Gasteiger partial charge is 0.427 e. The fourth-order valence-electron chi connectivity index (χ4n) is 2.36. The summed E-state index contributed by atoms with van der Waals surface area (Å²) in [6, 6.07) is 14.7. The molecule has 0 radical (unpaired) electrons. The maximum Gasteiger partial charge on any atom is 0.343 e. The zero-order valence-corrected chi connectivity index (χ0v) is 13.4. The van der Waals surface area contributed by atoms with E-state index in [1.54, 1.807) is 30.4 Å². The Balaban J connectivity index is 1.88. The van der Waals surface area contributed by atoms with Crippen LogP contribution in [0.15, 0.2) is 60.2 Å². The lowest BCUT2D eigenvalue weighted by atomic mass is 10.1. The minimum atomic E-state index is -0.400. The summed E-state index contributed by atoms with van der Waals surface area (Å²) >= 11 is 0. The molecule has 0 bridgehead atoms. The van der Waals surface area contributed by atoms with Gasteiger partial charge in [0.1, 0.15) is 11.5 Å². The van der Waals surface area contributed by atoms with Crippen LogP contribution in [0.3, 0.4) is 0 Å². The van der Waals surface area contributed by atoms with Crippen LogP contribution in [-0.4, -0.2) is 11.9 Å². The molecule has 0 saturated carbocycles. The van der Waals surface area contributed by atoms with Gasteiger partial charge in [0, 0.05) is 12.5 Å². The minimum Gasteiger partial charge on any atom is -0.427 e. The van der Waals surface area contributed by atoms with Gasteiger partial charge in [-0.1, -0.05) is 42.0 Å². The first-order chi connectivity index (χ1) is 11.5. The molecule has 0 aromatic heterocycles. The van der Waals surface area contributed by atoms with Crippen molar-refractivity contribution in [3.05, 3.63) is 76.9 Å². The van der Waals surface area contributed by atoms with E-state index in [1.165, 1.54) is 6.92 Å². The molecule has 0 spiro atoms. The molecule has 24 heavy (non-hydrogen) atoms. The Kier molecular flexibility index (Phi) is 4.29. The summed E-state index contributed by atoms with van der Waals surface area (Å²) in [5, 5.41) is 0. The molecule has 0 fully saturated rings. The minimum absolute atomic E-state index is 0.387. The number of carbonyl (C=O) groups excluding carboxylic acids is 2. The lowest BCUT2D eigenvalue weighted by molar-refractivity contribution is -0.132. The lowest BCUT2D eigenvalue weighted by Gasteiger charge is -2.02. The lowest BCUT2D eigenvalue weighted by Crippen LogP contribution is -2.01. The Bertz CT molecular complexity index is 857. The molecule has 0 unspecified atom stereocenters. The average Bonchev–Trinajstić information content (AvgIpc) is 2.89. The molecule has 120 valence electrons. The van der Waals surface area contributed by atoms with Crippen molar-refractivity contribution in [2.45, 2.75) is 13.8 Å². The maximum atomic E-state index is 12.1. The van der Waals surface area contributed by atoms with Crippen LogP contribution in [-0.2, 0) is 14.3 Å². The predicted molar refractivity (Wildman–Crippen MR) is 91.0 cm³/mol. The van der Waals surface area contributed by atoms with Gasteiger partial charge in [-0.05, 0) is 36.8 Å². The van der Waals surface area contributed by atoms with E-state index in [4.69, 9.17) is 9.47 Å². The fraction of sp³-hybridized carbons (Fsp3) is 0.100. The molecule has 3 rings (SSSR count). The Labute approximate surface area is 140 Å². The van der Waals surface area contributed by atoms with Gasteiger partial charge in [-0.15, -0.1) is 0 Å². The number of hydrogen-bond donors (Lipinski definition) is 0. The number of carbonyl (C=O) groups is 2. The summed E-state index contributed by atoms with van der Waals surface area (Å²) < 4.78 is 10.4. The van der Waals surface area contributed by atoms with Gasteiger partial charge < -0.3 is 9.47 Å². The highest BCUT2D eigenvalue weighted by molar-refractivity contribution is 6.05. The quantitative estimate of drug-likeness (QED) is 0.489. The summed E-state index contributed by atoms with van der Waals surface area (Å²) in [6.07, 6.45) is 3.42. The summed E-state index contributed by atoms with van der Waals surface area (Å²) in [5.41, 5.74) is 3.19. The van der Waals surface area contributed by atoms with Gasteiger partial charge in [0.05, 0.1) is 5.57 Å². The Morgan fingerprint density at radius 1 is 1.12 bits per heavy atom. The van der Waals surface area contributed by atoms with Crippen molar-refractivity contribution in [2.75, 3.05) is 0 Å². The highest BCUT2D eigenvalue weighted by Crippen LogP contribution is 2.28. The van der Waals surface area contributed by atoms with Gasteiger partial charge >= 0.3 is 11.9 Å². The van der Waals surface area contributed by atoms with Crippen LogP contribution in [0.4, 0.5) is 0 Å². The van der Waals surface area contributed by atoms with Crippen molar-refractivity contribution < 1.29 is 19.1 Å². The molecule has 0 atom stereocenters. The zero-order chi connectivity index (χ0) is 17.1. The number of benzene rings is 2. The van der Waals surface area contributed by atoms with Crippen molar-refractivity contribution in [1.29, 1.82) is 0 Å². The summed E-state index contributed by atoms with van der Waals surface area (Å²) in [4.78, 5) is 23.1. The number of aryl methyl sites for hydroxylation is 1. The van der Waals surface area contributed by atoms with E-state index in [9.17, 15) is 9.59 Å². The van der Waals surface area contributed by atoms with E-state index in [0.717, 1.165) is 16.7 Å². The predicted octanol–water partition coefficient (Wildman–Crippen LogP) is 3.90. The van der Waals surface area contributed by atoms with Crippen LogP contribution in [0.2, 0.25) is 0 Å². The first-order valence-corrected chi connectivity index (χ1v) is 7.52. The van der Waals surface area contributed by atoms with Crippen molar-refractivity contribution in [1.82, 2.24) is 0 Å². The van der Waals surface area contributed by atoms with Gasteiger partial charge in [0.15, 0.2) is 0 Å². The summed E-state index contributed by atoms with van der Waals surface area (Å²) in [7, 11) is 0. The van der Waals surface area contributed by atoms with Crippen molar-refractivity contribution in [3.63, 3.8) is 0 Å². The van der Waals surface area contributed by atoms with Crippen LogP contribution in [0.5, 0.6) is 5.75 Å². The highest BCUT2D eigenvalue weighted by atomic mass is 16.5. The van der Waals surface area contributed by atoms with E-state index < -0.39 is 5.97 Å². The van der Waals surface area contributed by atoms with Gasteiger partial charge in [-0.3, -0.25) is 4.79 Å². The second-order valence-electron chi connectivity index (χ2n) is 5.53. The standard InChI is InChI=1S/C20H16O4/c1-13-6-8-16(9-7-13)19-12-17(20(22)24-19)10-15-4-3-5-18(11-15)23-14(2)21/h3-12H,1-2H3/b17-10+. The van der Waals surface area contributed by atoms with E-state index in [1.807, 2.05) is 37.3 Å². The third-order valence-corrected chi connectivity index (χ3v) is 3.50. The van der Waals surface area contributed by atoms with Crippen molar-refractivity contribution >= 4 is 23.8 Å². The molecular weight excluding hydrogens is 304 g/mol. The molecule has 2 aromatic carbocycles. The number of ether oxygens (including phenoxy) is 2. The van der Waals surface area contributed by atoms with Gasteiger partial charge in [-0.2, -0.15) is 0 Å². The first-order valence-electron chi connectivity index (χ1n) is 7.52. The third-order valence-electron chi connectivity index (χ3n) is 3.50. The average molecular weight is 320 g/mol. The first kappa shape index (κ1) is 15.7. The van der Waals surface area contributed by atoms with Gasteiger partial charge in [0.2, 0.25) is 0 Å². The molecule has 2 aromatic rings. The van der Waals surface area contributed by atoms with Crippen LogP contribution in [0.1, 0.15) is 23.6 Å². The molecule has 0 aliphatic carbocycles. The monoisotopic (exact) mass is 320 g/mol. The normalized spacial score (nSPS) is 15.2. The second kappa shape index (κ2) is 6.54. The second-order valence-corrected chi connectivity index (χ2v) is 5.53. The fourth-order valence-corrected chi connectivity index (χ4v) is 2.36. The molecule has 1 aliphatic heterocycles. The summed E-state index contributed by atoms with van der Waals surface area (Å²) in [6.45, 7) is 3.34. The Morgan fingerprint density at radius 3 is 2.58 bits per heavy atom. The van der Waals surface area contributed by atoms with Crippen LogP contribution in [0.25, 0.3) is 11.8 Å². The van der Waals surface area contributed by atoms with Crippen LogP contribution >= 0.6 is 0 Å². The smallest absolute Gasteiger partial charge is 0.343 e. The molecule has 1 aliphatic rings. The third kappa shape index (κ3) is 3.60. The molecule has 1 heterocycles. The number of hydrogen-bond acceptors (Lipinski definition) is 4. The highest BCUT2D eigenvalue weighted by Gasteiger charge is 2.21. The SMILES string of the molecule is CC(=O)Oc1cccc(/C=C2\C=C(c3ccc(C)cc3)OC2=O)c1. The Hall–Kier alpha value is -3.14. The van der Waals surface area contributed by atoms with E-state index in [-0.39, 0.29) is 5.97 Å². The van der Waals surface area contributed by atoms with E-state index in [0.29, 0.717) is 17.1 Å². The molecule has 4 heteroatoms. The van der Waals surface area contributed by atoms with Crippen molar-refractivity contribution in [3.8, 4) is 5.75 Å². The van der Waals surface area contributed by atoms with E-state index in [2.05, 4.69) is 0 Å². The number of cyclic esters (lactones) is 1. The molecule has 0 saturated heterocycles. The molecular formula is C20H16O4. The summed E-state index contributed by atoms with van der Waals surface area (Å²) in [5.74, 6) is 0.179. The van der Waals surface area contributed by atoms with Gasteiger partial charge in [-0.25, -0.2) is 4.79 Å². The van der Waals surface area contributed by atoms with Crippen molar-refractivity contribution in [2.24, 2.45) is 0 Å². The molecule has 0 N–H and O–H groups in total. The Morgan fingerprint density at radius 2 is 1.88 bits per heavy atom. The maximum absolute atomic E-state index is 12.1. The molecule has 0 amide bonds. The zero-order valence-electron chi connectivity index (χ0n) is 13.4. The molecule has 4 nitrogen and oxygen atoms in total.